The van der Waals surface area contributed by atoms with E-state index in [1.165, 1.54) is 0 Å². The van der Waals surface area contributed by atoms with E-state index in [4.69, 9.17) is 4.74 Å². The second-order valence-electron chi connectivity index (χ2n) is 4.28. The van der Waals surface area contributed by atoms with Crippen LogP contribution >= 0.6 is 31.9 Å². The summed E-state index contributed by atoms with van der Waals surface area (Å²) in [5, 5.41) is 2.87. The van der Waals surface area contributed by atoms with E-state index in [-0.39, 0.29) is 5.91 Å². The van der Waals surface area contributed by atoms with Gasteiger partial charge in [-0.25, -0.2) is 0 Å². The topological polar surface area (TPSA) is 38.3 Å². The number of hydrogen-bond donors (Lipinski definition) is 1. The molecule has 3 nitrogen and oxygen atoms in total. The standard InChI is InChI=1S/C15H13Br2NO2/c1-9-3-6-14(20-2)13(7-9)18-15(19)11-5-4-10(16)8-12(11)17/h3-8H,1-2H3,(H,18,19). The van der Waals surface area contributed by atoms with Gasteiger partial charge in [-0.1, -0.05) is 22.0 Å². The highest BCUT2D eigenvalue weighted by molar-refractivity contribution is 9.11. The Balaban J connectivity index is 2.30. The van der Waals surface area contributed by atoms with Gasteiger partial charge in [-0.2, -0.15) is 0 Å². The number of ether oxygens (including phenoxy) is 1. The van der Waals surface area contributed by atoms with E-state index >= 15 is 0 Å². The van der Waals surface area contributed by atoms with Crippen LogP contribution in [0, 0.1) is 6.92 Å². The Kier molecular flexibility index (Phi) is 4.83. The lowest BCUT2D eigenvalue weighted by Crippen LogP contribution is -2.13. The molecule has 0 aromatic heterocycles. The Morgan fingerprint density at radius 1 is 1.15 bits per heavy atom. The summed E-state index contributed by atoms with van der Waals surface area (Å²) in [5.41, 5.74) is 2.28. The largest absolute Gasteiger partial charge is 0.495 e. The molecule has 0 heterocycles. The average molecular weight is 399 g/mol. The number of hydrogen-bond acceptors (Lipinski definition) is 2. The van der Waals surface area contributed by atoms with E-state index in [0.717, 1.165) is 14.5 Å². The SMILES string of the molecule is COc1ccc(C)cc1NC(=O)c1ccc(Br)cc1Br. The summed E-state index contributed by atoms with van der Waals surface area (Å²) >= 11 is 6.75. The number of rotatable bonds is 3. The summed E-state index contributed by atoms with van der Waals surface area (Å²) in [6.07, 6.45) is 0. The van der Waals surface area contributed by atoms with Gasteiger partial charge >= 0.3 is 0 Å². The molecule has 0 radical (unpaired) electrons. The van der Waals surface area contributed by atoms with Crippen LogP contribution in [0.1, 0.15) is 15.9 Å². The molecule has 2 rings (SSSR count). The van der Waals surface area contributed by atoms with Crippen LogP contribution in [0.5, 0.6) is 5.75 Å². The first kappa shape index (κ1) is 15.1. The third-order valence-electron chi connectivity index (χ3n) is 2.78. The van der Waals surface area contributed by atoms with E-state index in [2.05, 4.69) is 37.2 Å². The molecule has 0 spiro atoms. The van der Waals surface area contributed by atoms with Crippen molar-refractivity contribution in [2.24, 2.45) is 0 Å². The summed E-state index contributed by atoms with van der Waals surface area (Å²) in [7, 11) is 1.58. The highest BCUT2D eigenvalue weighted by atomic mass is 79.9. The molecule has 0 aliphatic rings. The highest BCUT2D eigenvalue weighted by Crippen LogP contribution is 2.27. The molecule has 0 aliphatic carbocycles. The van der Waals surface area contributed by atoms with Crippen molar-refractivity contribution in [2.45, 2.75) is 6.92 Å². The smallest absolute Gasteiger partial charge is 0.256 e. The number of amides is 1. The van der Waals surface area contributed by atoms with Crippen LogP contribution in [0.25, 0.3) is 0 Å². The van der Waals surface area contributed by atoms with Crippen molar-refractivity contribution in [3.05, 3.63) is 56.5 Å². The van der Waals surface area contributed by atoms with Gasteiger partial charge in [0.05, 0.1) is 18.4 Å². The zero-order valence-corrected chi connectivity index (χ0v) is 14.2. The molecule has 0 aliphatic heterocycles. The summed E-state index contributed by atoms with van der Waals surface area (Å²) in [6, 6.07) is 11.1. The van der Waals surface area contributed by atoms with E-state index in [1.807, 2.05) is 37.3 Å². The van der Waals surface area contributed by atoms with Crippen LogP contribution in [0.2, 0.25) is 0 Å². The second-order valence-corrected chi connectivity index (χ2v) is 6.05. The molecule has 0 saturated carbocycles. The Hall–Kier alpha value is -1.33. The maximum atomic E-state index is 12.3. The van der Waals surface area contributed by atoms with Crippen LogP contribution in [-0.2, 0) is 0 Å². The molecule has 2 aromatic carbocycles. The first-order valence-corrected chi connectivity index (χ1v) is 7.51. The molecule has 0 atom stereocenters. The predicted molar refractivity (Wildman–Crippen MR) is 87.5 cm³/mol. The maximum Gasteiger partial charge on any atom is 0.256 e. The number of carbonyl (C=O) groups is 1. The van der Waals surface area contributed by atoms with Crippen molar-refractivity contribution in [3.8, 4) is 5.75 Å². The maximum absolute atomic E-state index is 12.3. The van der Waals surface area contributed by atoms with Crippen LogP contribution in [0.3, 0.4) is 0 Å². The lowest BCUT2D eigenvalue weighted by atomic mass is 10.1. The van der Waals surface area contributed by atoms with E-state index in [9.17, 15) is 4.79 Å². The van der Waals surface area contributed by atoms with Gasteiger partial charge in [0, 0.05) is 8.95 Å². The lowest BCUT2D eigenvalue weighted by molar-refractivity contribution is 0.102. The molecule has 0 unspecified atom stereocenters. The Morgan fingerprint density at radius 3 is 2.55 bits per heavy atom. The molecule has 5 heteroatoms. The fraction of sp³-hybridized carbons (Fsp3) is 0.133. The van der Waals surface area contributed by atoms with Gasteiger partial charge in [0.2, 0.25) is 0 Å². The van der Waals surface area contributed by atoms with Gasteiger partial charge in [-0.05, 0) is 58.7 Å². The van der Waals surface area contributed by atoms with Crippen LogP contribution in [0.4, 0.5) is 5.69 Å². The fourth-order valence-electron chi connectivity index (χ4n) is 1.78. The van der Waals surface area contributed by atoms with Gasteiger partial charge in [-0.3, -0.25) is 4.79 Å². The van der Waals surface area contributed by atoms with Crippen molar-refractivity contribution >= 4 is 43.5 Å². The van der Waals surface area contributed by atoms with Crippen molar-refractivity contribution < 1.29 is 9.53 Å². The number of methoxy groups -OCH3 is 1. The van der Waals surface area contributed by atoms with E-state index in [0.29, 0.717) is 17.0 Å². The summed E-state index contributed by atoms with van der Waals surface area (Å²) in [5.74, 6) is 0.449. The van der Waals surface area contributed by atoms with Gasteiger partial charge < -0.3 is 10.1 Å². The van der Waals surface area contributed by atoms with Crippen molar-refractivity contribution in [2.75, 3.05) is 12.4 Å². The van der Waals surface area contributed by atoms with Crippen molar-refractivity contribution in [1.82, 2.24) is 0 Å². The lowest BCUT2D eigenvalue weighted by Gasteiger charge is -2.12. The minimum absolute atomic E-state index is 0.187. The quantitative estimate of drug-likeness (QED) is 0.807. The number of aryl methyl sites for hydroxylation is 1. The van der Waals surface area contributed by atoms with Crippen molar-refractivity contribution in [3.63, 3.8) is 0 Å². The van der Waals surface area contributed by atoms with Crippen LogP contribution < -0.4 is 10.1 Å². The van der Waals surface area contributed by atoms with Gasteiger partial charge in [0.1, 0.15) is 5.75 Å². The normalized spacial score (nSPS) is 10.2. The van der Waals surface area contributed by atoms with Crippen LogP contribution in [-0.4, -0.2) is 13.0 Å². The van der Waals surface area contributed by atoms with Gasteiger partial charge in [0.15, 0.2) is 0 Å². The molecule has 0 bridgehead atoms. The molecular formula is C15H13Br2NO2. The molecule has 0 fully saturated rings. The highest BCUT2D eigenvalue weighted by Gasteiger charge is 2.13. The van der Waals surface area contributed by atoms with Gasteiger partial charge in [-0.15, -0.1) is 0 Å². The first-order chi connectivity index (χ1) is 9.51. The fourth-order valence-corrected chi connectivity index (χ4v) is 3.01. The predicted octanol–water partition coefficient (Wildman–Crippen LogP) is 4.78. The number of anilines is 1. The molecule has 1 N–H and O–H groups in total. The Labute approximate surface area is 134 Å². The molecular weight excluding hydrogens is 386 g/mol. The molecule has 20 heavy (non-hydrogen) atoms. The Bertz CT molecular complexity index is 656. The number of nitrogens with one attached hydrogen (secondary N) is 1. The average Bonchev–Trinajstić information content (AvgIpc) is 2.38. The Morgan fingerprint density at radius 2 is 1.90 bits per heavy atom. The third kappa shape index (κ3) is 3.41. The van der Waals surface area contributed by atoms with E-state index < -0.39 is 0 Å². The summed E-state index contributed by atoms with van der Waals surface area (Å²) < 4.78 is 6.90. The monoisotopic (exact) mass is 397 g/mol. The molecule has 1 amide bonds. The van der Waals surface area contributed by atoms with E-state index in [1.54, 1.807) is 13.2 Å². The van der Waals surface area contributed by atoms with Crippen molar-refractivity contribution in [1.29, 1.82) is 0 Å². The van der Waals surface area contributed by atoms with Gasteiger partial charge in [0.25, 0.3) is 5.91 Å². The summed E-state index contributed by atoms with van der Waals surface area (Å²) in [4.78, 5) is 12.3. The molecule has 2 aromatic rings. The minimum Gasteiger partial charge on any atom is -0.495 e. The number of carbonyl (C=O) groups excluding carboxylic acids is 1. The van der Waals surface area contributed by atoms with Crippen LogP contribution in [0.15, 0.2) is 45.3 Å². The molecule has 104 valence electrons. The zero-order valence-electron chi connectivity index (χ0n) is 11.0. The first-order valence-electron chi connectivity index (χ1n) is 5.92. The molecule has 0 saturated heterocycles. The minimum atomic E-state index is -0.187. The second kappa shape index (κ2) is 6.41. The summed E-state index contributed by atoms with van der Waals surface area (Å²) in [6.45, 7) is 1.96. The zero-order chi connectivity index (χ0) is 14.7. The number of benzene rings is 2. The number of halogens is 2. The third-order valence-corrected chi connectivity index (χ3v) is 3.93.